The molecule has 2 heteroatoms. The van der Waals surface area contributed by atoms with Gasteiger partial charge in [0.25, 0.3) is 0 Å². The molecule has 0 spiro atoms. The van der Waals surface area contributed by atoms with Gasteiger partial charge in [0.1, 0.15) is 0 Å². The molecule has 2 nitrogen and oxygen atoms in total. The van der Waals surface area contributed by atoms with E-state index in [9.17, 15) is 0 Å². The fourth-order valence-electron chi connectivity index (χ4n) is 3.05. The van der Waals surface area contributed by atoms with E-state index < -0.39 is 0 Å². The van der Waals surface area contributed by atoms with Gasteiger partial charge in [-0.2, -0.15) is 0 Å². The van der Waals surface area contributed by atoms with E-state index >= 15 is 0 Å². The summed E-state index contributed by atoms with van der Waals surface area (Å²) in [6, 6.07) is 9.59. The van der Waals surface area contributed by atoms with Gasteiger partial charge in [0.15, 0.2) is 0 Å². The number of hydrogen-bond acceptors (Lipinski definition) is 2. The number of hydrogen-bond donors (Lipinski definition) is 1. The van der Waals surface area contributed by atoms with Crippen LogP contribution in [-0.4, -0.2) is 30.6 Å². The molecule has 2 rings (SSSR count). The molecule has 0 unspecified atom stereocenters. The quantitative estimate of drug-likeness (QED) is 0.881. The summed E-state index contributed by atoms with van der Waals surface area (Å²) in [6.07, 6.45) is 3.84. The van der Waals surface area contributed by atoms with E-state index in [1.54, 1.807) is 0 Å². The highest BCUT2D eigenvalue weighted by Gasteiger charge is 2.23. The van der Waals surface area contributed by atoms with Crippen LogP contribution in [0.25, 0.3) is 0 Å². The lowest BCUT2D eigenvalue weighted by molar-refractivity contribution is 0.134. The Morgan fingerprint density at radius 2 is 1.81 bits per heavy atom. The Morgan fingerprint density at radius 1 is 1.14 bits per heavy atom. The van der Waals surface area contributed by atoms with Gasteiger partial charge in [-0.3, -0.25) is 4.90 Å². The second-order valence-corrected chi connectivity index (χ2v) is 7.69. The minimum Gasteiger partial charge on any atom is -0.317 e. The first-order valence-corrected chi connectivity index (χ1v) is 8.45. The van der Waals surface area contributed by atoms with Gasteiger partial charge in [-0.05, 0) is 62.4 Å². The molecule has 1 N–H and O–H groups in total. The molecule has 0 aliphatic carbocycles. The Balaban J connectivity index is 2.05. The van der Waals surface area contributed by atoms with E-state index in [0.717, 1.165) is 12.6 Å². The summed E-state index contributed by atoms with van der Waals surface area (Å²) < 4.78 is 0. The summed E-state index contributed by atoms with van der Waals surface area (Å²) in [6.45, 7) is 13.9. The van der Waals surface area contributed by atoms with Crippen LogP contribution in [-0.2, 0) is 6.54 Å². The highest BCUT2D eigenvalue weighted by molar-refractivity contribution is 5.25. The molecule has 0 radical (unpaired) electrons. The largest absolute Gasteiger partial charge is 0.317 e. The normalized spacial score (nSPS) is 17.4. The van der Waals surface area contributed by atoms with Crippen LogP contribution in [0.4, 0.5) is 0 Å². The second kappa shape index (κ2) is 7.42. The number of nitrogens with zero attached hydrogens (tertiary/aromatic N) is 1. The highest BCUT2D eigenvalue weighted by Crippen LogP contribution is 2.23. The van der Waals surface area contributed by atoms with Crippen molar-refractivity contribution < 1.29 is 0 Å². The van der Waals surface area contributed by atoms with Crippen LogP contribution >= 0.6 is 0 Å². The van der Waals surface area contributed by atoms with Crippen molar-refractivity contribution in [2.45, 2.75) is 59.5 Å². The highest BCUT2D eigenvalue weighted by atomic mass is 15.2. The fraction of sp³-hybridized carbons (Fsp3) is 0.684. The van der Waals surface area contributed by atoms with Crippen molar-refractivity contribution in [3.63, 3.8) is 0 Å². The Labute approximate surface area is 130 Å². The van der Waals surface area contributed by atoms with Gasteiger partial charge in [0.2, 0.25) is 0 Å². The van der Waals surface area contributed by atoms with Gasteiger partial charge >= 0.3 is 0 Å². The SMILES string of the molecule is Cc1ccccc1CN(CCC(C)(C)C)C1CCNCC1. The van der Waals surface area contributed by atoms with E-state index in [2.05, 4.69) is 62.2 Å². The van der Waals surface area contributed by atoms with Crippen molar-refractivity contribution in [1.29, 1.82) is 0 Å². The third-order valence-electron chi connectivity index (χ3n) is 4.61. The minimum atomic E-state index is 0.414. The predicted molar refractivity (Wildman–Crippen MR) is 91.6 cm³/mol. The van der Waals surface area contributed by atoms with Crippen molar-refractivity contribution in [1.82, 2.24) is 10.2 Å². The zero-order valence-electron chi connectivity index (χ0n) is 14.3. The van der Waals surface area contributed by atoms with Crippen molar-refractivity contribution in [2.24, 2.45) is 5.41 Å². The van der Waals surface area contributed by atoms with Gasteiger partial charge in [-0.15, -0.1) is 0 Å². The molecule has 0 amide bonds. The molecular formula is C19H32N2. The summed E-state index contributed by atoms with van der Waals surface area (Å²) in [5.41, 5.74) is 3.33. The third kappa shape index (κ3) is 5.44. The predicted octanol–water partition coefficient (Wildman–Crippen LogP) is 3.99. The fourth-order valence-corrected chi connectivity index (χ4v) is 3.05. The van der Waals surface area contributed by atoms with E-state index in [4.69, 9.17) is 0 Å². The van der Waals surface area contributed by atoms with Crippen LogP contribution in [0.15, 0.2) is 24.3 Å². The number of rotatable bonds is 5. The summed E-state index contributed by atoms with van der Waals surface area (Å²) in [4.78, 5) is 2.73. The standard InChI is InChI=1S/C19H32N2/c1-16-7-5-6-8-17(16)15-21(14-11-19(2,3)4)18-9-12-20-13-10-18/h5-8,18,20H,9-15H2,1-4H3. The summed E-state index contributed by atoms with van der Waals surface area (Å²) in [5, 5.41) is 3.49. The number of aryl methyl sites for hydroxylation is 1. The maximum atomic E-state index is 3.49. The van der Waals surface area contributed by atoms with Crippen LogP contribution in [0.1, 0.15) is 51.2 Å². The van der Waals surface area contributed by atoms with E-state index in [0.29, 0.717) is 5.41 Å². The molecule has 0 saturated carbocycles. The average molecular weight is 288 g/mol. The van der Waals surface area contributed by atoms with Gasteiger partial charge in [0.05, 0.1) is 0 Å². The second-order valence-electron chi connectivity index (χ2n) is 7.69. The zero-order chi connectivity index (χ0) is 15.3. The molecule has 1 aliphatic rings. The van der Waals surface area contributed by atoms with Crippen molar-refractivity contribution in [2.75, 3.05) is 19.6 Å². The summed E-state index contributed by atoms with van der Waals surface area (Å²) >= 11 is 0. The molecule has 1 aromatic carbocycles. The maximum Gasteiger partial charge on any atom is 0.0239 e. The molecular weight excluding hydrogens is 256 g/mol. The molecule has 1 fully saturated rings. The first kappa shape index (κ1) is 16.5. The first-order chi connectivity index (χ1) is 9.96. The third-order valence-corrected chi connectivity index (χ3v) is 4.61. The Bertz CT molecular complexity index is 427. The van der Waals surface area contributed by atoms with Crippen molar-refractivity contribution >= 4 is 0 Å². The Morgan fingerprint density at radius 3 is 2.43 bits per heavy atom. The molecule has 0 aromatic heterocycles. The summed E-state index contributed by atoms with van der Waals surface area (Å²) in [7, 11) is 0. The van der Waals surface area contributed by atoms with Crippen molar-refractivity contribution in [3.05, 3.63) is 35.4 Å². The van der Waals surface area contributed by atoms with Gasteiger partial charge in [-0.25, -0.2) is 0 Å². The molecule has 1 aliphatic heterocycles. The molecule has 0 atom stereocenters. The number of benzene rings is 1. The van der Waals surface area contributed by atoms with Crippen LogP contribution in [0.5, 0.6) is 0 Å². The molecule has 1 aromatic rings. The molecule has 21 heavy (non-hydrogen) atoms. The Kier molecular flexibility index (Phi) is 5.83. The van der Waals surface area contributed by atoms with Gasteiger partial charge in [-0.1, -0.05) is 45.0 Å². The van der Waals surface area contributed by atoms with Crippen LogP contribution < -0.4 is 5.32 Å². The van der Waals surface area contributed by atoms with E-state index in [1.165, 1.54) is 50.0 Å². The molecule has 118 valence electrons. The summed E-state index contributed by atoms with van der Waals surface area (Å²) in [5.74, 6) is 0. The molecule has 1 saturated heterocycles. The van der Waals surface area contributed by atoms with Crippen molar-refractivity contribution in [3.8, 4) is 0 Å². The topological polar surface area (TPSA) is 15.3 Å². The van der Waals surface area contributed by atoms with Gasteiger partial charge in [0, 0.05) is 12.6 Å². The Hall–Kier alpha value is -0.860. The lowest BCUT2D eigenvalue weighted by atomic mass is 9.91. The number of nitrogens with one attached hydrogen (secondary N) is 1. The molecule has 0 bridgehead atoms. The van der Waals surface area contributed by atoms with E-state index in [1.807, 2.05) is 0 Å². The van der Waals surface area contributed by atoms with Gasteiger partial charge < -0.3 is 5.32 Å². The van der Waals surface area contributed by atoms with Crippen LogP contribution in [0, 0.1) is 12.3 Å². The van der Waals surface area contributed by atoms with E-state index in [-0.39, 0.29) is 0 Å². The smallest absolute Gasteiger partial charge is 0.0239 e. The first-order valence-electron chi connectivity index (χ1n) is 8.45. The molecule has 1 heterocycles. The van der Waals surface area contributed by atoms with Crippen LogP contribution in [0.3, 0.4) is 0 Å². The van der Waals surface area contributed by atoms with Crippen LogP contribution in [0.2, 0.25) is 0 Å². The monoisotopic (exact) mass is 288 g/mol. The maximum absolute atomic E-state index is 3.49. The number of piperidine rings is 1. The minimum absolute atomic E-state index is 0.414. The average Bonchev–Trinajstić information content (AvgIpc) is 2.45. The lowest BCUT2D eigenvalue weighted by Crippen LogP contribution is -2.43. The lowest BCUT2D eigenvalue weighted by Gasteiger charge is -2.36. The zero-order valence-corrected chi connectivity index (χ0v) is 14.3.